The molecule has 2 atom stereocenters. The Kier molecular flexibility index (Phi) is 7.51. The molecule has 1 amide bonds. The maximum atomic E-state index is 12.6. The smallest absolute Gasteiger partial charge is 0.251 e. The van der Waals surface area contributed by atoms with Crippen LogP contribution in [0, 0.1) is 0 Å². The number of aromatic nitrogens is 1. The molecule has 166 valence electrons. The second kappa shape index (κ2) is 10.7. The molecule has 7 nitrogen and oxygen atoms in total. The molecule has 31 heavy (non-hydrogen) atoms. The Morgan fingerprint density at radius 1 is 1.26 bits per heavy atom. The highest BCUT2D eigenvalue weighted by Gasteiger charge is 2.19. The molecule has 0 radical (unpaired) electrons. The van der Waals surface area contributed by atoms with Crippen LogP contribution in [0.15, 0.2) is 42.6 Å². The minimum atomic E-state index is -0.606. The highest BCUT2D eigenvalue weighted by atomic mass is 16.3. The largest absolute Gasteiger partial charge is 0.390 e. The number of rotatable bonds is 8. The summed E-state index contributed by atoms with van der Waals surface area (Å²) in [5.74, 6) is 0.511. The van der Waals surface area contributed by atoms with E-state index in [4.69, 9.17) is 0 Å². The summed E-state index contributed by atoms with van der Waals surface area (Å²) in [6, 6.07) is 12.4. The lowest BCUT2D eigenvalue weighted by atomic mass is 10.00. The number of carbonyl (C=O) groups excluding carboxylic acids is 1. The lowest BCUT2D eigenvalue weighted by molar-refractivity contribution is 0.0842. The van der Waals surface area contributed by atoms with E-state index in [1.54, 1.807) is 18.3 Å². The molecule has 0 bridgehead atoms. The number of piperidine rings is 1. The van der Waals surface area contributed by atoms with Gasteiger partial charge in [-0.2, -0.15) is 0 Å². The first-order valence-electron chi connectivity index (χ1n) is 11.4. The number of nitrogens with zero attached hydrogens (tertiary/aromatic N) is 2. The van der Waals surface area contributed by atoms with Gasteiger partial charge in [-0.15, -0.1) is 0 Å². The van der Waals surface area contributed by atoms with E-state index < -0.39 is 6.10 Å². The van der Waals surface area contributed by atoms with E-state index in [1.807, 2.05) is 0 Å². The van der Waals surface area contributed by atoms with Crippen LogP contribution in [0.5, 0.6) is 0 Å². The predicted molar refractivity (Wildman–Crippen MR) is 122 cm³/mol. The normalized spacial score (nSPS) is 20.0. The average Bonchev–Trinajstić information content (AvgIpc) is 2.82. The molecule has 1 fully saturated rings. The Hall–Kier alpha value is -2.48. The van der Waals surface area contributed by atoms with Crippen LogP contribution in [0.4, 0.5) is 5.82 Å². The Bertz CT molecular complexity index is 869. The topological polar surface area (TPSA) is 89.5 Å². The van der Waals surface area contributed by atoms with Crippen molar-refractivity contribution in [3.63, 3.8) is 0 Å². The van der Waals surface area contributed by atoms with Gasteiger partial charge in [0.05, 0.1) is 6.10 Å². The molecule has 4 rings (SSSR count). The number of anilines is 1. The van der Waals surface area contributed by atoms with Crippen molar-refractivity contribution >= 4 is 11.7 Å². The minimum absolute atomic E-state index is 0.190. The lowest BCUT2D eigenvalue weighted by Gasteiger charge is -2.30. The summed E-state index contributed by atoms with van der Waals surface area (Å²) in [6.45, 7) is 4.41. The molecule has 2 aromatic rings. The lowest BCUT2D eigenvalue weighted by Crippen LogP contribution is -2.42. The third kappa shape index (κ3) is 6.26. The number of β-amino-alcohol motifs (C(OH)–C–C–N with tert-alkyl or cyclic N) is 1. The van der Waals surface area contributed by atoms with Crippen LogP contribution in [-0.2, 0) is 13.0 Å². The van der Waals surface area contributed by atoms with Gasteiger partial charge in [0.15, 0.2) is 0 Å². The molecule has 1 saturated heterocycles. The fourth-order valence-electron chi connectivity index (χ4n) is 4.38. The minimum Gasteiger partial charge on any atom is -0.390 e. The van der Waals surface area contributed by atoms with Crippen molar-refractivity contribution in [1.29, 1.82) is 0 Å². The van der Waals surface area contributed by atoms with Gasteiger partial charge in [-0.3, -0.25) is 9.69 Å². The van der Waals surface area contributed by atoms with Crippen LogP contribution in [0.3, 0.4) is 0 Å². The van der Waals surface area contributed by atoms with Crippen LogP contribution in [0.2, 0.25) is 0 Å². The van der Waals surface area contributed by atoms with Gasteiger partial charge in [0.2, 0.25) is 0 Å². The van der Waals surface area contributed by atoms with Crippen LogP contribution >= 0.6 is 0 Å². The molecule has 2 aliphatic rings. The number of nitrogens with one attached hydrogen (secondary N) is 3. The first kappa shape index (κ1) is 21.7. The molecule has 1 aromatic heterocycles. The van der Waals surface area contributed by atoms with E-state index in [0.717, 1.165) is 39.0 Å². The molecule has 1 aromatic carbocycles. The number of fused-ring (bicyclic) bond motifs is 1. The van der Waals surface area contributed by atoms with E-state index >= 15 is 0 Å². The monoisotopic (exact) mass is 423 g/mol. The van der Waals surface area contributed by atoms with Crippen molar-refractivity contribution in [3.8, 4) is 0 Å². The number of aliphatic hydroxyl groups is 1. The predicted octanol–water partition coefficient (Wildman–Crippen LogP) is 1.78. The van der Waals surface area contributed by atoms with Crippen molar-refractivity contribution in [2.24, 2.45) is 0 Å². The summed E-state index contributed by atoms with van der Waals surface area (Å²) in [5, 5.41) is 20.1. The molecular weight excluding hydrogens is 390 g/mol. The number of carbonyl (C=O) groups is 1. The SMILES string of the molecule is O=C(NCC(O)CN1CCc2ccccc2C1)c1ccnc(NCC2CCCCN2)c1. The van der Waals surface area contributed by atoms with Gasteiger partial charge in [-0.25, -0.2) is 4.98 Å². The van der Waals surface area contributed by atoms with Gasteiger partial charge in [0, 0.05) is 50.5 Å². The quantitative estimate of drug-likeness (QED) is 0.518. The highest BCUT2D eigenvalue weighted by molar-refractivity contribution is 5.94. The molecule has 0 spiro atoms. The van der Waals surface area contributed by atoms with Crippen molar-refractivity contribution < 1.29 is 9.90 Å². The van der Waals surface area contributed by atoms with Crippen molar-refractivity contribution in [1.82, 2.24) is 20.5 Å². The second-order valence-electron chi connectivity index (χ2n) is 8.58. The standard InChI is InChI=1S/C24H33N5O2/c30-22(17-29-12-9-18-5-1-2-6-20(18)16-29)15-28-24(31)19-8-11-26-23(13-19)27-14-21-7-3-4-10-25-21/h1-2,5-6,8,11,13,21-22,25,30H,3-4,7,9-10,12,14-17H2,(H,26,27)(H,28,31). The number of amides is 1. The van der Waals surface area contributed by atoms with Gasteiger partial charge in [0.25, 0.3) is 5.91 Å². The summed E-state index contributed by atoms with van der Waals surface area (Å²) >= 11 is 0. The molecule has 2 unspecified atom stereocenters. The Morgan fingerprint density at radius 2 is 2.13 bits per heavy atom. The molecule has 3 heterocycles. The summed E-state index contributed by atoms with van der Waals surface area (Å²) in [5.41, 5.74) is 3.27. The zero-order valence-corrected chi connectivity index (χ0v) is 18.0. The van der Waals surface area contributed by atoms with E-state index in [9.17, 15) is 9.90 Å². The van der Waals surface area contributed by atoms with Crippen molar-refractivity contribution in [3.05, 3.63) is 59.3 Å². The third-order valence-corrected chi connectivity index (χ3v) is 6.14. The Balaban J connectivity index is 1.22. The maximum Gasteiger partial charge on any atom is 0.251 e. The van der Waals surface area contributed by atoms with Gasteiger partial charge < -0.3 is 21.1 Å². The van der Waals surface area contributed by atoms with Gasteiger partial charge >= 0.3 is 0 Å². The number of pyridine rings is 1. The van der Waals surface area contributed by atoms with Gasteiger partial charge in [0.1, 0.15) is 5.82 Å². The Morgan fingerprint density at radius 3 is 2.97 bits per heavy atom. The van der Waals surface area contributed by atoms with Gasteiger partial charge in [-0.1, -0.05) is 30.7 Å². The zero-order chi connectivity index (χ0) is 21.5. The van der Waals surface area contributed by atoms with Crippen LogP contribution in [0.25, 0.3) is 0 Å². The van der Waals surface area contributed by atoms with Gasteiger partial charge in [-0.05, 0) is 49.1 Å². The molecule has 0 saturated carbocycles. The van der Waals surface area contributed by atoms with E-state index in [-0.39, 0.29) is 12.5 Å². The number of hydrogen-bond donors (Lipinski definition) is 4. The maximum absolute atomic E-state index is 12.6. The number of benzene rings is 1. The summed E-state index contributed by atoms with van der Waals surface area (Å²) < 4.78 is 0. The van der Waals surface area contributed by atoms with Crippen molar-refractivity contribution in [2.75, 3.05) is 38.0 Å². The fraction of sp³-hybridized carbons (Fsp3) is 0.500. The third-order valence-electron chi connectivity index (χ3n) is 6.14. The number of hydrogen-bond acceptors (Lipinski definition) is 6. The van der Waals surface area contributed by atoms with E-state index in [1.165, 1.54) is 24.0 Å². The number of aliphatic hydroxyl groups excluding tert-OH is 1. The summed E-state index contributed by atoms with van der Waals surface area (Å²) in [6.07, 6.45) is 5.69. The fourth-order valence-corrected chi connectivity index (χ4v) is 4.38. The molecule has 4 N–H and O–H groups in total. The summed E-state index contributed by atoms with van der Waals surface area (Å²) in [7, 11) is 0. The first-order valence-corrected chi connectivity index (χ1v) is 11.4. The van der Waals surface area contributed by atoms with Crippen LogP contribution in [0.1, 0.15) is 40.7 Å². The first-order chi connectivity index (χ1) is 15.2. The second-order valence-corrected chi connectivity index (χ2v) is 8.58. The summed E-state index contributed by atoms with van der Waals surface area (Å²) in [4.78, 5) is 19.1. The Labute approximate surface area is 184 Å². The van der Waals surface area contributed by atoms with Crippen LogP contribution in [-0.4, -0.2) is 65.8 Å². The molecule has 0 aliphatic carbocycles. The zero-order valence-electron chi connectivity index (χ0n) is 18.0. The molecule has 7 heteroatoms. The highest BCUT2D eigenvalue weighted by Crippen LogP contribution is 2.18. The van der Waals surface area contributed by atoms with E-state index in [0.29, 0.717) is 24.0 Å². The average molecular weight is 424 g/mol. The van der Waals surface area contributed by atoms with Crippen LogP contribution < -0.4 is 16.0 Å². The van der Waals surface area contributed by atoms with Crippen molar-refractivity contribution in [2.45, 2.75) is 44.4 Å². The molecule has 2 aliphatic heterocycles. The molecular formula is C24H33N5O2. The van der Waals surface area contributed by atoms with E-state index in [2.05, 4.69) is 50.1 Å².